The molecule has 0 saturated carbocycles. The first-order valence-corrected chi connectivity index (χ1v) is 9.89. The third-order valence-electron chi connectivity index (χ3n) is 4.58. The van der Waals surface area contributed by atoms with Crippen LogP contribution in [0.5, 0.6) is 0 Å². The van der Waals surface area contributed by atoms with Crippen LogP contribution in [0.4, 0.5) is 13.2 Å². The Bertz CT molecular complexity index is 1020. The van der Waals surface area contributed by atoms with Crippen molar-refractivity contribution in [3.05, 3.63) is 64.7 Å². The lowest BCUT2D eigenvalue weighted by molar-refractivity contribution is -0.0436. The van der Waals surface area contributed by atoms with Gasteiger partial charge in [-0.25, -0.2) is 8.42 Å². The van der Waals surface area contributed by atoms with Gasteiger partial charge in [0.05, 0.1) is 17.4 Å². The molecule has 1 atom stereocenters. The topological polar surface area (TPSA) is 46.2 Å². The Morgan fingerprint density at radius 2 is 1.74 bits per heavy atom. The zero-order valence-corrected chi connectivity index (χ0v) is 15.4. The van der Waals surface area contributed by atoms with Crippen LogP contribution in [0.3, 0.4) is 0 Å². The summed E-state index contributed by atoms with van der Waals surface area (Å²) in [7, 11) is -3.66. The normalized spacial score (nSPS) is 16.5. The summed E-state index contributed by atoms with van der Waals surface area (Å²) in [5, 5.41) is 2.91. The molecule has 142 valence electrons. The fourth-order valence-corrected chi connectivity index (χ4v) is 4.04. The van der Waals surface area contributed by atoms with Crippen LogP contribution in [0.1, 0.15) is 28.2 Å². The van der Waals surface area contributed by atoms with Gasteiger partial charge in [0.25, 0.3) is 9.84 Å². The maximum absolute atomic E-state index is 13.0. The number of benzene rings is 2. The Balaban J connectivity index is 2.20. The molecule has 1 aliphatic rings. The molecule has 3 rings (SSSR count). The van der Waals surface area contributed by atoms with E-state index in [1.54, 1.807) is 7.05 Å². The Labute approximate surface area is 156 Å². The van der Waals surface area contributed by atoms with E-state index in [4.69, 9.17) is 0 Å². The number of aryl methyl sites for hydroxylation is 2. The van der Waals surface area contributed by atoms with E-state index in [0.717, 1.165) is 35.2 Å². The van der Waals surface area contributed by atoms with Gasteiger partial charge in [0.1, 0.15) is 0 Å². The lowest BCUT2D eigenvalue weighted by atomic mass is 9.88. The van der Waals surface area contributed by atoms with Gasteiger partial charge in [0.2, 0.25) is 0 Å². The predicted molar refractivity (Wildman–Crippen MR) is 97.1 cm³/mol. The largest absolute Gasteiger partial charge is 0.501 e. The number of fused-ring (bicyclic) bond motifs is 2. The van der Waals surface area contributed by atoms with Gasteiger partial charge >= 0.3 is 5.51 Å². The fraction of sp³-hybridized carbons (Fsp3) is 0.300. The van der Waals surface area contributed by atoms with E-state index >= 15 is 0 Å². The van der Waals surface area contributed by atoms with E-state index in [-0.39, 0.29) is 0 Å². The standard InChI is InChI=1S/C20H18F3NO2S/c1-24-12-4-7-18-17-6-3-2-5-14(17)8-9-15-10-11-16(13-19(15)18)27(25,26)20(21,22)23/h2-3,5-6,10-11,13,18,24H,8-9,12H2,1H3. The lowest BCUT2D eigenvalue weighted by Gasteiger charge is -2.17. The molecule has 0 spiro atoms. The molecule has 2 aromatic rings. The number of halogens is 3. The smallest absolute Gasteiger partial charge is 0.309 e. The molecule has 0 amide bonds. The van der Waals surface area contributed by atoms with Crippen LogP contribution in [0, 0.1) is 11.8 Å². The summed E-state index contributed by atoms with van der Waals surface area (Å²) in [6.07, 6.45) is 1.33. The second-order valence-electron chi connectivity index (χ2n) is 6.29. The number of rotatable bonds is 2. The van der Waals surface area contributed by atoms with Crippen LogP contribution in [0.15, 0.2) is 47.4 Å². The number of alkyl halides is 3. The third kappa shape index (κ3) is 3.73. The van der Waals surface area contributed by atoms with Gasteiger partial charge < -0.3 is 5.32 Å². The van der Waals surface area contributed by atoms with E-state index in [0.29, 0.717) is 18.5 Å². The molecule has 7 heteroatoms. The molecule has 3 nitrogen and oxygen atoms in total. The maximum atomic E-state index is 13.0. The zero-order valence-electron chi connectivity index (χ0n) is 14.6. The van der Waals surface area contributed by atoms with Crippen molar-refractivity contribution in [1.29, 1.82) is 0 Å². The number of hydrogen-bond donors (Lipinski definition) is 1. The van der Waals surface area contributed by atoms with Gasteiger partial charge in [0, 0.05) is 0 Å². The molecular weight excluding hydrogens is 375 g/mol. The molecular formula is C20H18F3NO2S. The van der Waals surface area contributed by atoms with Crippen molar-refractivity contribution in [3.63, 3.8) is 0 Å². The van der Waals surface area contributed by atoms with Crippen LogP contribution in [-0.2, 0) is 22.7 Å². The summed E-state index contributed by atoms with van der Waals surface area (Å²) in [5.41, 5.74) is -2.03. The number of hydrogen-bond acceptors (Lipinski definition) is 3. The Kier molecular flexibility index (Phi) is 5.31. The first kappa shape index (κ1) is 19.5. The highest BCUT2D eigenvalue weighted by Gasteiger charge is 2.47. The summed E-state index contributed by atoms with van der Waals surface area (Å²) >= 11 is 0. The predicted octanol–water partition coefficient (Wildman–Crippen LogP) is 3.43. The van der Waals surface area contributed by atoms with E-state index in [1.807, 2.05) is 24.3 Å². The van der Waals surface area contributed by atoms with E-state index in [9.17, 15) is 21.6 Å². The lowest BCUT2D eigenvalue weighted by Crippen LogP contribution is -2.23. The van der Waals surface area contributed by atoms with Crippen LogP contribution >= 0.6 is 0 Å². The Hall–Kier alpha value is -2.30. The second-order valence-corrected chi connectivity index (χ2v) is 8.23. The Morgan fingerprint density at radius 1 is 1.07 bits per heavy atom. The van der Waals surface area contributed by atoms with Crippen molar-refractivity contribution < 1.29 is 21.6 Å². The van der Waals surface area contributed by atoms with Crippen molar-refractivity contribution in [1.82, 2.24) is 5.32 Å². The van der Waals surface area contributed by atoms with Gasteiger partial charge in [-0.05, 0) is 54.3 Å². The second kappa shape index (κ2) is 7.37. The molecule has 1 unspecified atom stereocenters. The zero-order chi connectivity index (χ0) is 19.7. The molecule has 0 fully saturated rings. The van der Waals surface area contributed by atoms with Crippen molar-refractivity contribution in [2.45, 2.75) is 29.2 Å². The SMILES string of the molecule is CNCC#CC1c2ccccc2CCc2ccc(S(=O)(=O)C(F)(F)F)cc21. The molecule has 1 aliphatic carbocycles. The Morgan fingerprint density at radius 3 is 2.41 bits per heavy atom. The number of sulfone groups is 1. The minimum Gasteiger partial charge on any atom is -0.309 e. The van der Waals surface area contributed by atoms with Gasteiger partial charge in [-0.3, -0.25) is 0 Å². The van der Waals surface area contributed by atoms with Crippen LogP contribution in [0.25, 0.3) is 0 Å². The average molecular weight is 393 g/mol. The number of nitrogens with one attached hydrogen (secondary N) is 1. The van der Waals surface area contributed by atoms with Crippen LogP contribution in [0.2, 0.25) is 0 Å². The molecule has 1 N–H and O–H groups in total. The van der Waals surface area contributed by atoms with Crippen molar-refractivity contribution in [2.24, 2.45) is 0 Å². The van der Waals surface area contributed by atoms with Crippen LogP contribution in [-0.4, -0.2) is 27.5 Å². The highest BCUT2D eigenvalue weighted by molar-refractivity contribution is 7.92. The molecule has 0 bridgehead atoms. The minimum atomic E-state index is -5.41. The molecule has 0 heterocycles. The first-order chi connectivity index (χ1) is 12.8. The molecule has 2 aromatic carbocycles. The van der Waals surface area contributed by atoms with E-state index in [1.165, 1.54) is 6.07 Å². The first-order valence-electron chi connectivity index (χ1n) is 8.40. The monoisotopic (exact) mass is 393 g/mol. The van der Waals surface area contributed by atoms with Gasteiger partial charge in [0.15, 0.2) is 0 Å². The molecule has 27 heavy (non-hydrogen) atoms. The van der Waals surface area contributed by atoms with Crippen LogP contribution < -0.4 is 5.32 Å². The fourth-order valence-electron chi connectivity index (χ4n) is 3.25. The van der Waals surface area contributed by atoms with Crippen molar-refractivity contribution in [3.8, 4) is 11.8 Å². The van der Waals surface area contributed by atoms with E-state index in [2.05, 4.69) is 17.2 Å². The van der Waals surface area contributed by atoms with Crippen molar-refractivity contribution >= 4 is 9.84 Å². The minimum absolute atomic E-state index is 0.425. The third-order valence-corrected chi connectivity index (χ3v) is 6.07. The maximum Gasteiger partial charge on any atom is 0.501 e. The quantitative estimate of drug-likeness (QED) is 0.796. The molecule has 0 aromatic heterocycles. The summed E-state index contributed by atoms with van der Waals surface area (Å²) in [4.78, 5) is -0.742. The summed E-state index contributed by atoms with van der Waals surface area (Å²) in [5.74, 6) is 5.60. The highest BCUT2D eigenvalue weighted by Crippen LogP contribution is 2.37. The van der Waals surface area contributed by atoms with Gasteiger partial charge in [-0.2, -0.15) is 13.2 Å². The molecule has 0 saturated heterocycles. The van der Waals surface area contributed by atoms with E-state index < -0.39 is 26.2 Å². The molecule has 0 radical (unpaired) electrons. The van der Waals surface area contributed by atoms with Gasteiger partial charge in [-0.15, -0.1) is 0 Å². The summed E-state index contributed by atoms with van der Waals surface area (Å²) in [6, 6.07) is 11.3. The highest BCUT2D eigenvalue weighted by atomic mass is 32.2. The molecule has 0 aliphatic heterocycles. The van der Waals surface area contributed by atoms with Gasteiger partial charge in [-0.1, -0.05) is 42.2 Å². The average Bonchev–Trinajstić information content (AvgIpc) is 2.78. The van der Waals surface area contributed by atoms with Crippen molar-refractivity contribution in [2.75, 3.05) is 13.6 Å². The summed E-state index contributed by atoms with van der Waals surface area (Å²) < 4.78 is 62.7. The summed E-state index contributed by atoms with van der Waals surface area (Å²) in [6.45, 7) is 0.425.